The number of amides is 3. The lowest BCUT2D eigenvalue weighted by molar-refractivity contribution is -0.123. The molecule has 0 radical (unpaired) electrons. The zero-order chi connectivity index (χ0) is 25.7. The number of fused-ring (bicyclic) bond motifs is 2. The van der Waals surface area contributed by atoms with E-state index in [0.29, 0.717) is 18.0 Å². The first-order chi connectivity index (χ1) is 17.1. The molecule has 0 aliphatic carbocycles. The number of halogens is 1. The number of methoxy groups -OCH3 is 1. The van der Waals surface area contributed by atoms with Crippen molar-refractivity contribution in [2.45, 2.75) is 36.9 Å². The minimum Gasteiger partial charge on any atom is -0.497 e. The second-order valence-corrected chi connectivity index (χ2v) is 11.7. The highest BCUT2D eigenvalue weighted by atomic mass is 32.2. The van der Waals surface area contributed by atoms with Crippen molar-refractivity contribution in [2.24, 2.45) is 0 Å². The summed E-state index contributed by atoms with van der Waals surface area (Å²) in [4.78, 5) is 30.2. The molecule has 3 aromatic carbocycles. The molecule has 186 valence electrons. The van der Waals surface area contributed by atoms with Crippen LogP contribution in [0.3, 0.4) is 0 Å². The van der Waals surface area contributed by atoms with E-state index in [4.69, 9.17) is 4.74 Å². The van der Waals surface area contributed by atoms with Gasteiger partial charge in [-0.1, -0.05) is 35.9 Å². The van der Waals surface area contributed by atoms with Gasteiger partial charge in [0.2, 0.25) is 0 Å². The van der Waals surface area contributed by atoms with Crippen LogP contribution in [-0.2, 0) is 16.2 Å². The van der Waals surface area contributed by atoms with Crippen LogP contribution in [0, 0.1) is 12.7 Å². The Morgan fingerprint density at radius 2 is 1.86 bits per heavy atom. The summed E-state index contributed by atoms with van der Waals surface area (Å²) in [5, 5.41) is 2.97. The number of aryl methyl sites for hydroxylation is 1. The summed E-state index contributed by atoms with van der Waals surface area (Å²) < 4.78 is 18.4. The van der Waals surface area contributed by atoms with E-state index in [2.05, 4.69) is 5.32 Å². The lowest BCUT2D eigenvalue weighted by Crippen LogP contribution is -2.51. The van der Waals surface area contributed by atoms with Crippen molar-refractivity contribution < 1.29 is 18.7 Å². The van der Waals surface area contributed by atoms with E-state index in [-0.39, 0.29) is 29.0 Å². The van der Waals surface area contributed by atoms with Crippen LogP contribution in [0.1, 0.15) is 30.5 Å². The van der Waals surface area contributed by atoms with Gasteiger partial charge in [0.05, 0.1) is 19.3 Å². The number of benzene rings is 3. The summed E-state index contributed by atoms with van der Waals surface area (Å²) >= 11 is 1.50. The van der Waals surface area contributed by atoms with Crippen molar-refractivity contribution in [2.75, 3.05) is 23.9 Å². The zero-order valence-electron chi connectivity index (χ0n) is 20.7. The van der Waals surface area contributed by atoms with Gasteiger partial charge in [0.15, 0.2) is 4.87 Å². The van der Waals surface area contributed by atoms with Crippen molar-refractivity contribution >= 4 is 35.1 Å². The maximum absolute atomic E-state index is 14.3. The van der Waals surface area contributed by atoms with Gasteiger partial charge >= 0.3 is 6.03 Å². The highest BCUT2D eigenvalue weighted by Gasteiger charge is 2.63. The average molecular weight is 506 g/mol. The number of carbonyl (C=O) groups excluding carboxylic acids is 2. The standard InChI is InChI=1S/C28H28FN3O3S/c1-18-8-13-24-23(14-18)28(25(33)31(24)16-19-9-11-20(29)12-10-19)32(17-27(2,3)36-28)26(34)30-21-6-5-7-22(15-21)35-4/h5-15H,16-17H2,1-4H3,(H,30,34)/t28-/m1/s1. The Kier molecular flexibility index (Phi) is 5.95. The summed E-state index contributed by atoms with van der Waals surface area (Å²) in [6, 6.07) is 18.8. The largest absolute Gasteiger partial charge is 0.497 e. The van der Waals surface area contributed by atoms with Gasteiger partial charge in [0, 0.05) is 28.6 Å². The fourth-order valence-electron chi connectivity index (χ4n) is 4.94. The van der Waals surface area contributed by atoms with Gasteiger partial charge in [0.1, 0.15) is 11.6 Å². The first kappa shape index (κ1) is 24.2. The number of carbonyl (C=O) groups is 2. The van der Waals surface area contributed by atoms with Gasteiger partial charge in [-0.05, 0) is 56.7 Å². The quantitative estimate of drug-likeness (QED) is 0.480. The lowest BCUT2D eigenvalue weighted by Gasteiger charge is -2.33. The lowest BCUT2D eigenvalue weighted by atomic mass is 10.0. The van der Waals surface area contributed by atoms with Gasteiger partial charge in [-0.25, -0.2) is 9.18 Å². The number of hydrogen-bond acceptors (Lipinski definition) is 4. The maximum atomic E-state index is 14.3. The van der Waals surface area contributed by atoms with E-state index >= 15 is 0 Å². The fraction of sp³-hybridized carbons (Fsp3) is 0.286. The van der Waals surface area contributed by atoms with Gasteiger partial charge < -0.3 is 15.0 Å². The smallest absolute Gasteiger partial charge is 0.323 e. The van der Waals surface area contributed by atoms with Crippen molar-refractivity contribution in [3.63, 3.8) is 0 Å². The molecule has 0 unspecified atom stereocenters. The molecule has 1 spiro atoms. The van der Waals surface area contributed by atoms with Crippen LogP contribution >= 0.6 is 11.8 Å². The average Bonchev–Trinajstić information content (AvgIpc) is 3.26. The van der Waals surface area contributed by atoms with E-state index in [1.807, 2.05) is 39.0 Å². The summed E-state index contributed by atoms with van der Waals surface area (Å²) in [6.07, 6.45) is 0. The maximum Gasteiger partial charge on any atom is 0.323 e. The van der Waals surface area contributed by atoms with Crippen LogP contribution < -0.4 is 15.0 Å². The van der Waals surface area contributed by atoms with E-state index in [9.17, 15) is 14.0 Å². The zero-order valence-corrected chi connectivity index (χ0v) is 21.5. The first-order valence-electron chi connectivity index (χ1n) is 11.7. The molecule has 6 nitrogen and oxygen atoms in total. The van der Waals surface area contributed by atoms with E-state index < -0.39 is 4.87 Å². The molecule has 1 saturated heterocycles. The molecule has 1 N–H and O–H groups in total. The number of urea groups is 1. The van der Waals surface area contributed by atoms with Crippen LogP contribution in [0.15, 0.2) is 66.7 Å². The second-order valence-electron chi connectivity index (χ2n) is 9.79. The highest BCUT2D eigenvalue weighted by Crippen LogP contribution is 2.60. The minimum absolute atomic E-state index is 0.177. The van der Waals surface area contributed by atoms with E-state index in [1.165, 1.54) is 23.9 Å². The Labute approximate surface area is 214 Å². The van der Waals surface area contributed by atoms with Crippen molar-refractivity contribution in [3.05, 3.63) is 89.2 Å². The number of anilines is 2. The molecule has 1 atom stereocenters. The number of nitrogens with zero attached hydrogens (tertiary/aromatic N) is 2. The van der Waals surface area contributed by atoms with E-state index in [1.54, 1.807) is 53.3 Å². The van der Waals surface area contributed by atoms with Gasteiger partial charge in [0.25, 0.3) is 5.91 Å². The number of hydrogen-bond donors (Lipinski definition) is 1. The topological polar surface area (TPSA) is 61.9 Å². The molecule has 36 heavy (non-hydrogen) atoms. The third-order valence-corrected chi connectivity index (χ3v) is 8.10. The third kappa shape index (κ3) is 4.09. The van der Waals surface area contributed by atoms with Crippen molar-refractivity contribution in [3.8, 4) is 5.75 Å². The molecule has 2 aliphatic rings. The molecule has 0 bridgehead atoms. The van der Waals surface area contributed by atoms with Crippen LogP contribution in [0.2, 0.25) is 0 Å². The summed E-state index contributed by atoms with van der Waals surface area (Å²) in [7, 11) is 1.57. The SMILES string of the molecule is COc1cccc(NC(=O)N2CC(C)(C)S[C@]23C(=O)N(Cc2ccc(F)cc2)c2ccc(C)cc23)c1. The fourth-order valence-corrected chi connectivity index (χ4v) is 6.66. The second kappa shape index (κ2) is 8.85. The number of rotatable bonds is 4. The first-order valence-corrected chi connectivity index (χ1v) is 12.5. The van der Waals surface area contributed by atoms with Gasteiger partial charge in [-0.3, -0.25) is 9.69 Å². The molecule has 2 aliphatic heterocycles. The monoisotopic (exact) mass is 505 g/mol. The third-order valence-electron chi connectivity index (χ3n) is 6.51. The van der Waals surface area contributed by atoms with Gasteiger partial charge in [-0.15, -0.1) is 11.8 Å². The molecule has 2 heterocycles. The Morgan fingerprint density at radius 3 is 2.58 bits per heavy atom. The van der Waals surface area contributed by atoms with Gasteiger partial charge in [-0.2, -0.15) is 0 Å². The molecule has 8 heteroatoms. The predicted octanol–water partition coefficient (Wildman–Crippen LogP) is 5.90. The molecule has 0 aromatic heterocycles. The Hall–Kier alpha value is -3.52. The Morgan fingerprint density at radius 1 is 1.11 bits per heavy atom. The van der Waals surface area contributed by atoms with E-state index in [0.717, 1.165) is 22.4 Å². The van der Waals surface area contributed by atoms with Crippen molar-refractivity contribution in [1.82, 2.24) is 4.90 Å². The molecular formula is C28H28FN3O3S. The summed E-state index contributed by atoms with van der Waals surface area (Å²) in [6.45, 7) is 6.74. The summed E-state index contributed by atoms with van der Waals surface area (Å²) in [5.74, 6) is 0.123. The highest BCUT2D eigenvalue weighted by molar-refractivity contribution is 8.02. The Balaban J connectivity index is 1.57. The molecule has 1 fully saturated rings. The van der Waals surface area contributed by atoms with Crippen LogP contribution in [0.25, 0.3) is 0 Å². The van der Waals surface area contributed by atoms with Crippen molar-refractivity contribution in [1.29, 1.82) is 0 Å². The molecule has 5 rings (SSSR count). The normalized spacial score (nSPS) is 20.1. The molecule has 0 saturated carbocycles. The number of ether oxygens (including phenoxy) is 1. The molecular weight excluding hydrogens is 477 g/mol. The van der Waals surface area contributed by atoms with Crippen LogP contribution in [0.5, 0.6) is 5.75 Å². The number of thioether (sulfide) groups is 1. The predicted molar refractivity (Wildman–Crippen MR) is 141 cm³/mol. The Bertz CT molecular complexity index is 1340. The summed E-state index contributed by atoms with van der Waals surface area (Å²) in [5.41, 5.74) is 3.96. The van der Waals surface area contributed by atoms with Crippen LogP contribution in [-0.4, -0.2) is 35.2 Å². The minimum atomic E-state index is -1.21. The molecule has 3 aromatic rings. The number of nitrogens with one attached hydrogen (secondary N) is 1. The molecule has 3 amide bonds. The van der Waals surface area contributed by atoms with Crippen LogP contribution in [0.4, 0.5) is 20.6 Å².